The maximum absolute atomic E-state index is 13.9. The number of hydrogen-bond acceptors (Lipinski definition) is 0. The van der Waals surface area contributed by atoms with Crippen molar-refractivity contribution in [2.45, 2.75) is 19.0 Å². The van der Waals surface area contributed by atoms with E-state index >= 15 is 0 Å². The molecule has 0 saturated carbocycles. The van der Waals surface area contributed by atoms with Gasteiger partial charge >= 0.3 is 0 Å². The summed E-state index contributed by atoms with van der Waals surface area (Å²) in [6.45, 7) is 4.99. The number of alkyl halides is 1. The number of halogens is 2. The second-order valence-electron chi connectivity index (χ2n) is 3.56. The van der Waals surface area contributed by atoms with Gasteiger partial charge in [-0.25, -0.2) is 8.78 Å². The smallest absolute Gasteiger partial charge is 0.157 e. The van der Waals surface area contributed by atoms with Crippen molar-refractivity contribution in [3.63, 3.8) is 0 Å². The minimum atomic E-state index is -1.69. The highest BCUT2D eigenvalue weighted by molar-refractivity contribution is 5.47. The van der Waals surface area contributed by atoms with Crippen molar-refractivity contribution < 1.29 is 8.78 Å². The molecule has 0 N–H and O–H groups in total. The highest BCUT2D eigenvalue weighted by Gasteiger charge is 2.39. The average Bonchev–Trinajstić information content (AvgIpc) is 2.24. The van der Waals surface area contributed by atoms with Gasteiger partial charge in [0.15, 0.2) is 5.67 Å². The molecule has 0 nitrogen and oxygen atoms in total. The van der Waals surface area contributed by atoms with E-state index in [0.29, 0.717) is 12.0 Å². The molecular formula is C11H10F2. The zero-order chi connectivity index (χ0) is 9.64. The molecule has 1 atom stereocenters. The van der Waals surface area contributed by atoms with Crippen molar-refractivity contribution in [1.29, 1.82) is 0 Å². The molecule has 2 heteroatoms. The third-order valence-corrected chi connectivity index (χ3v) is 2.64. The predicted molar refractivity (Wildman–Crippen MR) is 47.7 cm³/mol. The molecule has 0 saturated heterocycles. The van der Waals surface area contributed by atoms with Crippen LogP contribution < -0.4 is 0 Å². The zero-order valence-electron chi connectivity index (χ0n) is 7.40. The molecule has 0 amide bonds. The Morgan fingerprint density at radius 1 is 1.46 bits per heavy atom. The van der Waals surface area contributed by atoms with E-state index in [1.54, 1.807) is 12.1 Å². The highest BCUT2D eigenvalue weighted by atomic mass is 19.1. The molecule has 0 aliphatic heterocycles. The largest absolute Gasteiger partial charge is 0.234 e. The lowest BCUT2D eigenvalue weighted by Gasteiger charge is -2.16. The van der Waals surface area contributed by atoms with E-state index in [4.69, 9.17) is 0 Å². The van der Waals surface area contributed by atoms with Crippen molar-refractivity contribution in [2.24, 2.45) is 0 Å². The Balaban J connectivity index is 2.70. The molecule has 2 rings (SSSR count). The number of rotatable bonds is 0. The van der Waals surface area contributed by atoms with E-state index in [-0.39, 0.29) is 5.56 Å². The van der Waals surface area contributed by atoms with E-state index in [1.807, 2.05) is 0 Å². The number of benzene rings is 1. The van der Waals surface area contributed by atoms with Gasteiger partial charge in [-0.1, -0.05) is 18.7 Å². The molecular weight excluding hydrogens is 170 g/mol. The van der Waals surface area contributed by atoms with Gasteiger partial charge in [-0.15, -0.1) is 0 Å². The lowest BCUT2D eigenvalue weighted by molar-refractivity contribution is 0.245. The van der Waals surface area contributed by atoms with Gasteiger partial charge in [0.1, 0.15) is 5.82 Å². The Hall–Kier alpha value is -1.18. The molecule has 0 fully saturated rings. The summed E-state index contributed by atoms with van der Waals surface area (Å²) in [6, 6.07) is 4.63. The third kappa shape index (κ3) is 1.01. The molecule has 1 aliphatic carbocycles. The van der Waals surface area contributed by atoms with Crippen LogP contribution in [0.4, 0.5) is 8.78 Å². The molecule has 1 aromatic rings. The Kier molecular flexibility index (Phi) is 1.56. The van der Waals surface area contributed by atoms with Crippen LogP contribution in [-0.4, -0.2) is 0 Å². The molecule has 1 aromatic carbocycles. The van der Waals surface area contributed by atoms with Crippen molar-refractivity contribution in [1.82, 2.24) is 0 Å². The molecule has 0 heterocycles. The summed E-state index contributed by atoms with van der Waals surface area (Å²) >= 11 is 0. The third-order valence-electron chi connectivity index (χ3n) is 2.64. The summed E-state index contributed by atoms with van der Waals surface area (Å²) in [7, 11) is 0. The first-order chi connectivity index (χ1) is 6.03. The van der Waals surface area contributed by atoms with Crippen LogP contribution in [0.2, 0.25) is 0 Å². The van der Waals surface area contributed by atoms with Crippen LogP contribution in [0.15, 0.2) is 30.4 Å². The summed E-state index contributed by atoms with van der Waals surface area (Å²) in [4.78, 5) is 0. The SMILES string of the molecule is C=C1Cc2cccc(F)c2C1(C)F. The van der Waals surface area contributed by atoms with Crippen molar-refractivity contribution in [2.75, 3.05) is 0 Å². The monoisotopic (exact) mass is 180 g/mol. The van der Waals surface area contributed by atoms with Gasteiger partial charge < -0.3 is 0 Å². The minimum absolute atomic E-state index is 0.167. The van der Waals surface area contributed by atoms with Crippen molar-refractivity contribution in [3.05, 3.63) is 47.3 Å². The number of hydrogen-bond donors (Lipinski definition) is 0. The van der Waals surface area contributed by atoms with E-state index in [9.17, 15) is 8.78 Å². The second-order valence-corrected chi connectivity index (χ2v) is 3.56. The van der Waals surface area contributed by atoms with E-state index in [2.05, 4.69) is 6.58 Å². The lowest BCUT2D eigenvalue weighted by atomic mass is 9.97. The maximum Gasteiger partial charge on any atom is 0.157 e. The van der Waals surface area contributed by atoms with Crippen LogP contribution in [0, 0.1) is 5.82 Å². The predicted octanol–water partition coefficient (Wildman–Crippen LogP) is 3.12. The first kappa shape index (κ1) is 8.42. The number of fused-ring (bicyclic) bond motifs is 1. The van der Waals surface area contributed by atoms with Gasteiger partial charge in [0.2, 0.25) is 0 Å². The standard InChI is InChI=1S/C11H10F2/c1-7-6-8-4-3-5-9(12)10(8)11(7,2)13/h3-5H,1,6H2,2H3. The fourth-order valence-corrected chi connectivity index (χ4v) is 1.81. The van der Waals surface area contributed by atoms with E-state index < -0.39 is 11.5 Å². The molecule has 1 unspecified atom stereocenters. The molecule has 1 aliphatic rings. The van der Waals surface area contributed by atoms with Crippen LogP contribution in [-0.2, 0) is 12.1 Å². The first-order valence-corrected chi connectivity index (χ1v) is 4.18. The fraction of sp³-hybridized carbons (Fsp3) is 0.273. The molecule has 68 valence electrons. The highest BCUT2D eigenvalue weighted by Crippen LogP contribution is 2.44. The molecule has 0 spiro atoms. The van der Waals surface area contributed by atoms with Gasteiger partial charge in [-0.05, 0) is 30.5 Å². The van der Waals surface area contributed by atoms with E-state index in [1.165, 1.54) is 13.0 Å². The Morgan fingerprint density at radius 2 is 2.15 bits per heavy atom. The molecule has 13 heavy (non-hydrogen) atoms. The molecule has 0 aromatic heterocycles. The fourth-order valence-electron chi connectivity index (χ4n) is 1.81. The summed E-state index contributed by atoms with van der Waals surface area (Å²) in [6.07, 6.45) is 0.445. The average molecular weight is 180 g/mol. The molecule has 0 bridgehead atoms. The summed E-state index contributed by atoms with van der Waals surface area (Å²) in [5.41, 5.74) is -0.372. The van der Waals surface area contributed by atoms with Gasteiger partial charge in [-0.2, -0.15) is 0 Å². The first-order valence-electron chi connectivity index (χ1n) is 4.18. The van der Waals surface area contributed by atoms with Gasteiger partial charge in [-0.3, -0.25) is 0 Å². The summed E-state index contributed by atoms with van der Waals surface area (Å²) in [5.74, 6) is -0.471. The number of allylic oxidation sites excluding steroid dienone is 1. The normalized spacial score (nSPS) is 26.2. The van der Waals surface area contributed by atoms with Gasteiger partial charge in [0, 0.05) is 5.56 Å². The van der Waals surface area contributed by atoms with Crippen LogP contribution in [0.1, 0.15) is 18.1 Å². The molecule has 0 radical (unpaired) electrons. The lowest BCUT2D eigenvalue weighted by Crippen LogP contribution is -2.14. The quantitative estimate of drug-likeness (QED) is 0.538. The summed E-state index contributed by atoms with van der Waals surface area (Å²) < 4.78 is 27.2. The van der Waals surface area contributed by atoms with Crippen molar-refractivity contribution >= 4 is 0 Å². The topological polar surface area (TPSA) is 0 Å². The Morgan fingerprint density at radius 3 is 2.77 bits per heavy atom. The van der Waals surface area contributed by atoms with Crippen LogP contribution in [0.25, 0.3) is 0 Å². The Labute approximate surface area is 75.9 Å². The van der Waals surface area contributed by atoms with Crippen LogP contribution in [0.5, 0.6) is 0 Å². The van der Waals surface area contributed by atoms with Gasteiger partial charge in [0.25, 0.3) is 0 Å². The zero-order valence-corrected chi connectivity index (χ0v) is 7.40. The second kappa shape index (κ2) is 2.41. The van der Waals surface area contributed by atoms with Crippen LogP contribution in [0.3, 0.4) is 0 Å². The van der Waals surface area contributed by atoms with Crippen LogP contribution >= 0.6 is 0 Å². The summed E-state index contributed by atoms with van der Waals surface area (Å²) in [5, 5.41) is 0. The minimum Gasteiger partial charge on any atom is -0.234 e. The van der Waals surface area contributed by atoms with Gasteiger partial charge in [0.05, 0.1) is 0 Å². The van der Waals surface area contributed by atoms with Crippen molar-refractivity contribution in [3.8, 4) is 0 Å². The van der Waals surface area contributed by atoms with E-state index in [0.717, 1.165) is 5.56 Å². The Bertz CT molecular complexity index is 378. The maximum atomic E-state index is 13.9.